The van der Waals surface area contributed by atoms with Crippen LogP contribution in [-0.2, 0) is 18.4 Å². The number of carbonyl (C=O) groups excluding carboxylic acids is 1. The van der Waals surface area contributed by atoms with Crippen LogP contribution in [0.2, 0.25) is 0 Å². The highest BCUT2D eigenvalue weighted by Crippen LogP contribution is 2.29. The maximum atomic E-state index is 12.4. The molecule has 0 saturated carbocycles. The number of benzene rings is 2. The molecule has 0 aliphatic carbocycles. The van der Waals surface area contributed by atoms with E-state index in [9.17, 15) is 4.79 Å². The van der Waals surface area contributed by atoms with E-state index in [0.29, 0.717) is 28.2 Å². The van der Waals surface area contributed by atoms with E-state index in [2.05, 4.69) is 31.4 Å². The molecule has 30 heavy (non-hydrogen) atoms. The van der Waals surface area contributed by atoms with E-state index in [1.807, 2.05) is 35.9 Å². The summed E-state index contributed by atoms with van der Waals surface area (Å²) in [5.74, 6) is 2.57. The first-order chi connectivity index (χ1) is 14.5. The van der Waals surface area contributed by atoms with Crippen LogP contribution in [0.1, 0.15) is 5.82 Å². The van der Waals surface area contributed by atoms with Crippen LogP contribution in [-0.4, -0.2) is 40.6 Å². The molecule has 0 unspecified atom stereocenters. The van der Waals surface area contributed by atoms with Crippen LogP contribution >= 0.6 is 27.7 Å². The summed E-state index contributed by atoms with van der Waals surface area (Å²) in [5, 5.41) is 11.8. The number of hydrogen-bond donors (Lipinski definition) is 1. The van der Waals surface area contributed by atoms with Gasteiger partial charge in [0.05, 0.1) is 25.7 Å². The van der Waals surface area contributed by atoms with Gasteiger partial charge in [-0.05, 0) is 36.4 Å². The van der Waals surface area contributed by atoms with Gasteiger partial charge in [-0.25, -0.2) is 0 Å². The van der Waals surface area contributed by atoms with Crippen LogP contribution in [0.15, 0.2) is 52.1 Å². The summed E-state index contributed by atoms with van der Waals surface area (Å²) < 4.78 is 19.0. The number of nitrogens with one attached hydrogen (secondary N) is 1. The molecule has 1 heterocycles. The predicted molar refractivity (Wildman–Crippen MR) is 118 cm³/mol. The van der Waals surface area contributed by atoms with Crippen molar-refractivity contribution in [3.63, 3.8) is 0 Å². The molecule has 0 aliphatic heterocycles. The number of aromatic nitrogens is 3. The fourth-order valence-corrected chi connectivity index (χ4v) is 3.49. The van der Waals surface area contributed by atoms with Crippen molar-refractivity contribution in [2.45, 2.75) is 11.8 Å². The number of methoxy groups -OCH3 is 2. The zero-order valence-electron chi connectivity index (χ0n) is 16.7. The zero-order valence-corrected chi connectivity index (χ0v) is 19.1. The third-order valence-electron chi connectivity index (χ3n) is 4.12. The molecule has 1 amide bonds. The highest BCUT2D eigenvalue weighted by atomic mass is 79.9. The number of hydrogen-bond acceptors (Lipinski definition) is 7. The highest BCUT2D eigenvalue weighted by Gasteiger charge is 2.14. The maximum Gasteiger partial charge on any atom is 0.234 e. The lowest BCUT2D eigenvalue weighted by Gasteiger charge is -2.11. The summed E-state index contributed by atoms with van der Waals surface area (Å²) >= 11 is 4.68. The Morgan fingerprint density at radius 2 is 1.83 bits per heavy atom. The third kappa shape index (κ3) is 5.67. The molecule has 1 N–H and O–H groups in total. The van der Waals surface area contributed by atoms with E-state index in [1.165, 1.54) is 18.9 Å². The van der Waals surface area contributed by atoms with Crippen LogP contribution in [0.25, 0.3) is 0 Å². The molecule has 1 aromatic heterocycles. The second-order valence-corrected chi connectivity index (χ2v) is 7.96. The Morgan fingerprint density at radius 3 is 2.53 bits per heavy atom. The van der Waals surface area contributed by atoms with E-state index in [4.69, 9.17) is 14.2 Å². The Hall–Kier alpha value is -2.72. The Bertz CT molecular complexity index is 1010. The molecule has 0 bridgehead atoms. The maximum absolute atomic E-state index is 12.4. The Balaban J connectivity index is 1.54. The van der Waals surface area contributed by atoms with Crippen molar-refractivity contribution in [3.05, 3.63) is 52.8 Å². The monoisotopic (exact) mass is 492 g/mol. The van der Waals surface area contributed by atoms with Gasteiger partial charge >= 0.3 is 0 Å². The smallest absolute Gasteiger partial charge is 0.234 e. The minimum absolute atomic E-state index is 0.175. The van der Waals surface area contributed by atoms with Gasteiger partial charge in [-0.1, -0.05) is 27.7 Å². The van der Waals surface area contributed by atoms with Crippen molar-refractivity contribution in [1.29, 1.82) is 0 Å². The van der Waals surface area contributed by atoms with Crippen LogP contribution in [0.3, 0.4) is 0 Å². The van der Waals surface area contributed by atoms with Crippen LogP contribution in [0.4, 0.5) is 5.69 Å². The Morgan fingerprint density at radius 1 is 1.10 bits per heavy atom. The summed E-state index contributed by atoms with van der Waals surface area (Å²) in [6.07, 6.45) is 0. The van der Waals surface area contributed by atoms with Gasteiger partial charge in [0.25, 0.3) is 0 Å². The van der Waals surface area contributed by atoms with E-state index < -0.39 is 0 Å². The number of nitrogens with zero attached hydrogens (tertiary/aromatic N) is 3. The van der Waals surface area contributed by atoms with Gasteiger partial charge in [0, 0.05) is 17.6 Å². The van der Waals surface area contributed by atoms with E-state index in [0.717, 1.165) is 10.2 Å². The number of amides is 1. The number of ether oxygens (including phenoxy) is 3. The standard InChI is InChI=1S/C20H21BrN4O4S/c1-25-18(11-29-14-6-4-13(21)5-7-14)23-24-20(25)30-12-19(26)22-16-9-8-15(27-2)10-17(16)28-3/h4-10H,11-12H2,1-3H3,(H,22,26). The van der Waals surface area contributed by atoms with E-state index in [-0.39, 0.29) is 18.3 Å². The van der Waals surface area contributed by atoms with Gasteiger partial charge in [0.2, 0.25) is 5.91 Å². The van der Waals surface area contributed by atoms with Crippen molar-refractivity contribution in [2.24, 2.45) is 7.05 Å². The van der Waals surface area contributed by atoms with Crippen LogP contribution in [0.5, 0.6) is 17.2 Å². The van der Waals surface area contributed by atoms with Crippen molar-refractivity contribution < 1.29 is 19.0 Å². The molecule has 158 valence electrons. The zero-order chi connectivity index (χ0) is 21.5. The highest BCUT2D eigenvalue weighted by molar-refractivity contribution is 9.10. The molecule has 2 aromatic carbocycles. The second-order valence-electron chi connectivity index (χ2n) is 6.10. The lowest BCUT2D eigenvalue weighted by atomic mass is 10.2. The van der Waals surface area contributed by atoms with Crippen molar-refractivity contribution in [1.82, 2.24) is 14.8 Å². The molecular weight excluding hydrogens is 472 g/mol. The van der Waals surface area contributed by atoms with Gasteiger partial charge in [-0.15, -0.1) is 10.2 Å². The molecule has 0 saturated heterocycles. The van der Waals surface area contributed by atoms with Crippen molar-refractivity contribution in [3.8, 4) is 17.2 Å². The molecule has 3 rings (SSSR count). The fraction of sp³-hybridized carbons (Fsp3) is 0.250. The summed E-state index contributed by atoms with van der Waals surface area (Å²) in [6, 6.07) is 12.8. The number of carbonyl (C=O) groups is 1. The molecule has 8 nitrogen and oxygen atoms in total. The van der Waals surface area contributed by atoms with Gasteiger partial charge in [0.15, 0.2) is 11.0 Å². The summed E-state index contributed by atoms with van der Waals surface area (Å²) in [6.45, 7) is 0.279. The average molecular weight is 493 g/mol. The molecular formula is C20H21BrN4O4S. The van der Waals surface area contributed by atoms with E-state index in [1.54, 1.807) is 25.3 Å². The first kappa shape index (κ1) is 22.0. The van der Waals surface area contributed by atoms with Gasteiger partial charge in [-0.3, -0.25) is 4.79 Å². The molecule has 0 radical (unpaired) electrons. The fourth-order valence-electron chi connectivity index (χ4n) is 2.49. The SMILES string of the molecule is COc1ccc(NC(=O)CSc2nnc(COc3ccc(Br)cc3)n2C)c(OC)c1. The van der Waals surface area contributed by atoms with Crippen LogP contribution < -0.4 is 19.5 Å². The van der Waals surface area contributed by atoms with Gasteiger partial charge < -0.3 is 24.1 Å². The Kier molecular flexibility index (Phi) is 7.58. The van der Waals surface area contributed by atoms with E-state index >= 15 is 0 Å². The number of rotatable bonds is 9. The second kappa shape index (κ2) is 10.4. The normalized spacial score (nSPS) is 10.5. The third-order valence-corrected chi connectivity index (χ3v) is 5.67. The first-order valence-electron chi connectivity index (χ1n) is 8.91. The molecule has 0 aliphatic rings. The minimum Gasteiger partial charge on any atom is -0.497 e. The molecule has 0 spiro atoms. The number of thioether (sulfide) groups is 1. The topological polar surface area (TPSA) is 87.5 Å². The summed E-state index contributed by atoms with van der Waals surface area (Å²) in [4.78, 5) is 12.4. The van der Waals surface area contributed by atoms with Gasteiger partial charge in [-0.2, -0.15) is 0 Å². The summed E-state index contributed by atoms with van der Waals surface area (Å²) in [7, 11) is 4.95. The molecule has 0 atom stereocenters. The van der Waals surface area contributed by atoms with Crippen LogP contribution in [0, 0.1) is 0 Å². The first-order valence-corrected chi connectivity index (χ1v) is 10.7. The van der Waals surface area contributed by atoms with Crippen molar-refractivity contribution >= 4 is 39.3 Å². The number of halogens is 1. The largest absolute Gasteiger partial charge is 0.497 e. The molecule has 10 heteroatoms. The Labute approximate surface area is 187 Å². The summed E-state index contributed by atoms with van der Waals surface area (Å²) in [5.41, 5.74) is 0.574. The number of anilines is 1. The lowest BCUT2D eigenvalue weighted by molar-refractivity contribution is -0.113. The quantitative estimate of drug-likeness (QED) is 0.453. The van der Waals surface area contributed by atoms with Gasteiger partial charge in [0.1, 0.15) is 23.9 Å². The lowest BCUT2D eigenvalue weighted by Crippen LogP contribution is -2.15. The molecule has 0 fully saturated rings. The van der Waals surface area contributed by atoms with Crippen molar-refractivity contribution in [2.75, 3.05) is 25.3 Å². The predicted octanol–water partition coefficient (Wildman–Crippen LogP) is 3.90. The average Bonchev–Trinajstić information content (AvgIpc) is 3.11. The minimum atomic E-state index is -0.181. The molecule has 3 aromatic rings.